The molecular weight excluding hydrogens is 442 g/mol. The molecule has 176 valence electrons. The number of benzene rings is 2. The van der Waals surface area contributed by atoms with Gasteiger partial charge in [-0.05, 0) is 112 Å². The molecule has 2 aliphatic carbocycles. The second-order valence-corrected chi connectivity index (χ2v) is 9.99. The fourth-order valence-corrected chi connectivity index (χ4v) is 5.90. The highest BCUT2D eigenvalue weighted by atomic mass is 35.5. The Morgan fingerprint density at radius 2 is 1.70 bits per heavy atom. The first-order chi connectivity index (χ1) is 15.9. The molecule has 0 radical (unpaired) electrons. The molecule has 0 spiro atoms. The first-order valence-electron chi connectivity index (χ1n) is 12.0. The van der Waals surface area contributed by atoms with E-state index in [1.807, 2.05) is 0 Å². The van der Waals surface area contributed by atoms with Gasteiger partial charge in [0, 0.05) is 10.6 Å². The van der Waals surface area contributed by atoms with Crippen molar-refractivity contribution < 1.29 is 18.3 Å². The van der Waals surface area contributed by atoms with E-state index in [1.165, 1.54) is 31.4 Å². The Hall–Kier alpha value is -2.20. The Morgan fingerprint density at radius 1 is 1.03 bits per heavy atom. The third kappa shape index (κ3) is 5.84. The van der Waals surface area contributed by atoms with Gasteiger partial charge in [0.15, 0.2) is 0 Å². The summed E-state index contributed by atoms with van der Waals surface area (Å²) in [7, 11) is 0. The number of esters is 1. The molecule has 2 aromatic rings. The highest BCUT2D eigenvalue weighted by Crippen LogP contribution is 2.49. The van der Waals surface area contributed by atoms with Crippen molar-refractivity contribution >= 4 is 17.6 Å². The average Bonchev–Trinajstić information content (AvgIpc) is 2.80. The summed E-state index contributed by atoms with van der Waals surface area (Å²) in [5.74, 6) is 0.0321. The van der Waals surface area contributed by atoms with Crippen molar-refractivity contribution in [2.45, 2.75) is 64.2 Å². The quantitative estimate of drug-likeness (QED) is 0.239. The van der Waals surface area contributed by atoms with Crippen LogP contribution in [0.4, 0.5) is 8.78 Å². The number of carbonyl (C=O) groups excluding carboxylic acids is 1. The molecule has 2 aromatic carbocycles. The van der Waals surface area contributed by atoms with Gasteiger partial charge >= 0.3 is 5.97 Å². The van der Waals surface area contributed by atoms with Crippen molar-refractivity contribution in [2.75, 3.05) is 0 Å². The van der Waals surface area contributed by atoms with Crippen LogP contribution in [0.2, 0.25) is 5.02 Å². The van der Waals surface area contributed by atoms with Crippen LogP contribution in [0.3, 0.4) is 0 Å². The van der Waals surface area contributed by atoms with Crippen LogP contribution in [0.15, 0.2) is 48.6 Å². The predicted molar refractivity (Wildman–Crippen MR) is 128 cm³/mol. The van der Waals surface area contributed by atoms with E-state index in [1.54, 1.807) is 12.1 Å². The van der Waals surface area contributed by atoms with Crippen molar-refractivity contribution in [3.8, 4) is 5.75 Å². The molecule has 2 saturated carbocycles. The van der Waals surface area contributed by atoms with E-state index in [4.69, 9.17) is 16.3 Å². The summed E-state index contributed by atoms with van der Waals surface area (Å²) in [5, 5.41) is 0.507. The number of halogens is 3. The summed E-state index contributed by atoms with van der Waals surface area (Å²) >= 11 is 5.83. The fraction of sp³-hybridized carbons (Fsp3) is 0.464. The summed E-state index contributed by atoms with van der Waals surface area (Å²) in [5.41, 5.74) is 0.00530. The molecule has 4 atom stereocenters. The lowest BCUT2D eigenvalue weighted by atomic mass is 9.63. The molecule has 0 amide bonds. The minimum atomic E-state index is -0.790. The minimum absolute atomic E-state index is 0.126. The number of fused-ring (bicyclic) bond motifs is 1. The number of ether oxygens (including phenoxy) is 1. The summed E-state index contributed by atoms with van der Waals surface area (Å²) in [6, 6.07) is 8.47. The van der Waals surface area contributed by atoms with Gasteiger partial charge in [0.25, 0.3) is 0 Å². The first-order valence-corrected chi connectivity index (χ1v) is 12.4. The van der Waals surface area contributed by atoms with E-state index in [0.717, 1.165) is 50.2 Å². The lowest BCUT2D eigenvalue weighted by Crippen LogP contribution is -2.31. The van der Waals surface area contributed by atoms with E-state index < -0.39 is 17.6 Å². The van der Waals surface area contributed by atoms with Crippen LogP contribution < -0.4 is 4.74 Å². The number of hydrogen-bond acceptors (Lipinski definition) is 2. The van der Waals surface area contributed by atoms with E-state index in [9.17, 15) is 4.79 Å². The van der Waals surface area contributed by atoms with Crippen LogP contribution in [0.25, 0.3) is 0 Å². The van der Waals surface area contributed by atoms with Crippen molar-refractivity contribution in [3.63, 3.8) is 0 Å². The van der Waals surface area contributed by atoms with Crippen molar-refractivity contribution in [2.24, 2.45) is 17.8 Å². The number of rotatable bonds is 6. The third-order valence-electron chi connectivity index (χ3n) is 7.45. The first kappa shape index (κ1) is 23.9. The molecule has 2 aliphatic rings. The second-order valence-electron chi connectivity index (χ2n) is 9.55. The third-order valence-corrected chi connectivity index (χ3v) is 7.70. The molecule has 2 fully saturated rings. The van der Waals surface area contributed by atoms with Crippen LogP contribution in [0, 0.1) is 29.4 Å². The van der Waals surface area contributed by atoms with E-state index in [2.05, 4.69) is 19.1 Å². The standard InChI is InChI=1S/C28H31ClF2O2/c1-2-3-4-5-18-6-7-20-15-21(9-8-19(20)14-18)27-25(30)16-22(17-26(27)31)28(32)33-24-12-10-23(29)11-13-24/h2-3,10-13,16-21H,4-9,14-15H2,1H3/b3-2+. The van der Waals surface area contributed by atoms with Gasteiger partial charge in [0.05, 0.1) is 5.56 Å². The van der Waals surface area contributed by atoms with E-state index >= 15 is 8.78 Å². The molecule has 2 nitrogen and oxygen atoms in total. The van der Waals surface area contributed by atoms with Crippen LogP contribution in [0.5, 0.6) is 5.75 Å². The maximum atomic E-state index is 15.0. The molecule has 0 saturated heterocycles. The smallest absolute Gasteiger partial charge is 0.343 e. The lowest BCUT2D eigenvalue weighted by molar-refractivity contribution is 0.0733. The SMILES string of the molecule is C/C=C/CCC1CCC2CC(c3c(F)cc(C(=O)Oc4ccc(Cl)cc4)cc3F)CCC2C1. The van der Waals surface area contributed by atoms with Crippen LogP contribution >= 0.6 is 11.6 Å². The van der Waals surface area contributed by atoms with Gasteiger partial charge in [0.1, 0.15) is 17.4 Å². The molecule has 5 heteroatoms. The Morgan fingerprint density at radius 3 is 2.39 bits per heavy atom. The minimum Gasteiger partial charge on any atom is -0.423 e. The van der Waals surface area contributed by atoms with E-state index in [0.29, 0.717) is 16.9 Å². The summed E-state index contributed by atoms with van der Waals surface area (Å²) in [6.45, 7) is 2.06. The Balaban J connectivity index is 1.41. The summed E-state index contributed by atoms with van der Waals surface area (Å²) in [6.07, 6.45) is 13.0. The Kier molecular flexibility index (Phi) is 7.85. The van der Waals surface area contributed by atoms with Crippen LogP contribution in [-0.2, 0) is 0 Å². The lowest BCUT2D eigenvalue weighted by Gasteiger charge is -2.42. The highest BCUT2D eigenvalue weighted by Gasteiger charge is 2.37. The fourth-order valence-electron chi connectivity index (χ4n) is 5.77. The van der Waals surface area contributed by atoms with Crippen molar-refractivity contribution in [3.05, 3.63) is 76.3 Å². The normalized spacial score (nSPS) is 25.1. The van der Waals surface area contributed by atoms with Gasteiger partial charge in [-0.15, -0.1) is 0 Å². The topological polar surface area (TPSA) is 26.3 Å². The molecule has 0 bridgehead atoms. The monoisotopic (exact) mass is 472 g/mol. The number of allylic oxidation sites excluding steroid dienone is 2. The number of hydrogen-bond donors (Lipinski definition) is 0. The zero-order chi connectivity index (χ0) is 23.4. The van der Waals surface area contributed by atoms with Gasteiger partial charge in [-0.2, -0.15) is 0 Å². The highest BCUT2D eigenvalue weighted by molar-refractivity contribution is 6.30. The van der Waals surface area contributed by atoms with Crippen molar-refractivity contribution in [1.82, 2.24) is 0 Å². The molecular formula is C28H31ClF2O2. The largest absolute Gasteiger partial charge is 0.423 e. The van der Waals surface area contributed by atoms with Gasteiger partial charge < -0.3 is 4.74 Å². The molecule has 4 unspecified atom stereocenters. The zero-order valence-electron chi connectivity index (χ0n) is 19.0. The van der Waals surface area contributed by atoms with Gasteiger partial charge in [-0.3, -0.25) is 0 Å². The maximum Gasteiger partial charge on any atom is 0.343 e. The number of carbonyl (C=O) groups is 1. The Bertz CT molecular complexity index is 978. The summed E-state index contributed by atoms with van der Waals surface area (Å²) < 4.78 is 35.3. The molecule has 0 N–H and O–H groups in total. The molecule has 33 heavy (non-hydrogen) atoms. The molecule has 0 aliphatic heterocycles. The molecule has 4 rings (SSSR count). The van der Waals surface area contributed by atoms with Crippen molar-refractivity contribution in [1.29, 1.82) is 0 Å². The molecule has 0 heterocycles. The zero-order valence-corrected chi connectivity index (χ0v) is 19.8. The van der Waals surface area contributed by atoms with Gasteiger partial charge in [0.2, 0.25) is 0 Å². The average molecular weight is 473 g/mol. The van der Waals surface area contributed by atoms with Gasteiger partial charge in [-0.25, -0.2) is 13.6 Å². The summed E-state index contributed by atoms with van der Waals surface area (Å²) in [4.78, 5) is 12.4. The Labute approximate surface area is 200 Å². The molecule has 0 aromatic heterocycles. The second kappa shape index (κ2) is 10.8. The van der Waals surface area contributed by atoms with E-state index in [-0.39, 0.29) is 22.8 Å². The van der Waals surface area contributed by atoms with Gasteiger partial charge in [-0.1, -0.05) is 30.2 Å². The van der Waals surface area contributed by atoms with Crippen LogP contribution in [-0.4, -0.2) is 5.97 Å². The predicted octanol–water partition coefficient (Wildman–Crippen LogP) is 8.49. The van der Waals surface area contributed by atoms with Crippen LogP contribution in [0.1, 0.15) is 80.1 Å². The maximum absolute atomic E-state index is 15.0.